The van der Waals surface area contributed by atoms with Crippen molar-refractivity contribution in [2.75, 3.05) is 7.11 Å². The van der Waals surface area contributed by atoms with E-state index >= 15 is 0 Å². The summed E-state index contributed by atoms with van der Waals surface area (Å²) in [5.41, 5.74) is 4.02. The van der Waals surface area contributed by atoms with Crippen molar-refractivity contribution in [1.82, 2.24) is 4.98 Å². The number of nitrogens with zero attached hydrogens (tertiary/aromatic N) is 1. The Morgan fingerprint density at radius 2 is 2.05 bits per heavy atom. The van der Waals surface area contributed by atoms with Crippen molar-refractivity contribution >= 4 is 28.5 Å². The Labute approximate surface area is 117 Å². The average molecular weight is 278 g/mol. The molecule has 1 heterocycles. The fraction of sp³-hybridized carbons (Fsp3) is 0.333. The first-order chi connectivity index (χ1) is 9.01. The van der Waals surface area contributed by atoms with Gasteiger partial charge >= 0.3 is 5.97 Å². The number of fused-ring (bicyclic) bond motifs is 1. The Hall–Kier alpha value is -1.61. The van der Waals surface area contributed by atoms with Crippen LogP contribution in [0, 0.1) is 13.8 Å². The maximum atomic E-state index is 11.3. The molecule has 0 radical (unpaired) electrons. The maximum absolute atomic E-state index is 11.3. The SMILES string of the molecule is COC(=O)CCc1cc(C)nc2c(C)cc(Cl)cc12. The highest BCUT2D eigenvalue weighted by atomic mass is 35.5. The summed E-state index contributed by atoms with van der Waals surface area (Å²) in [6.45, 7) is 3.94. The lowest BCUT2D eigenvalue weighted by molar-refractivity contribution is -0.140. The summed E-state index contributed by atoms with van der Waals surface area (Å²) in [5.74, 6) is -0.207. The van der Waals surface area contributed by atoms with Crippen molar-refractivity contribution < 1.29 is 9.53 Å². The van der Waals surface area contributed by atoms with Gasteiger partial charge in [0, 0.05) is 22.5 Å². The quantitative estimate of drug-likeness (QED) is 0.805. The van der Waals surface area contributed by atoms with E-state index in [0.29, 0.717) is 17.9 Å². The van der Waals surface area contributed by atoms with Crippen molar-refractivity contribution in [2.45, 2.75) is 26.7 Å². The van der Waals surface area contributed by atoms with Crippen molar-refractivity contribution in [2.24, 2.45) is 0 Å². The zero-order chi connectivity index (χ0) is 14.0. The molecule has 0 aliphatic carbocycles. The maximum Gasteiger partial charge on any atom is 0.305 e. The van der Waals surface area contributed by atoms with Gasteiger partial charge in [-0.05, 0) is 49.6 Å². The molecule has 3 nitrogen and oxygen atoms in total. The van der Waals surface area contributed by atoms with E-state index in [1.54, 1.807) is 0 Å². The molecule has 2 rings (SSSR count). The Morgan fingerprint density at radius 3 is 2.74 bits per heavy atom. The second-order valence-electron chi connectivity index (χ2n) is 4.62. The van der Waals surface area contributed by atoms with E-state index in [1.807, 2.05) is 32.0 Å². The number of carbonyl (C=O) groups excluding carboxylic acids is 1. The van der Waals surface area contributed by atoms with Crippen molar-refractivity contribution in [3.63, 3.8) is 0 Å². The molecular weight excluding hydrogens is 262 g/mol. The van der Waals surface area contributed by atoms with Crippen molar-refractivity contribution in [3.05, 3.63) is 40.0 Å². The number of esters is 1. The van der Waals surface area contributed by atoms with E-state index in [1.165, 1.54) is 7.11 Å². The van der Waals surface area contributed by atoms with Crippen molar-refractivity contribution in [3.8, 4) is 0 Å². The molecule has 0 fully saturated rings. The first kappa shape index (κ1) is 13.8. The molecule has 0 N–H and O–H groups in total. The van der Waals surface area contributed by atoms with E-state index in [-0.39, 0.29) is 5.97 Å². The van der Waals surface area contributed by atoms with Crippen LogP contribution in [0.3, 0.4) is 0 Å². The standard InChI is InChI=1S/C15H16ClNO2/c1-9-6-12(16)8-13-11(4-5-14(18)19-3)7-10(2)17-15(9)13/h6-8H,4-5H2,1-3H3. The monoisotopic (exact) mass is 277 g/mol. The number of aromatic nitrogens is 1. The van der Waals surface area contributed by atoms with E-state index in [0.717, 1.165) is 27.7 Å². The number of aryl methyl sites for hydroxylation is 3. The van der Waals surface area contributed by atoms with Crippen LogP contribution >= 0.6 is 11.6 Å². The van der Waals surface area contributed by atoms with Crippen LogP contribution in [0.5, 0.6) is 0 Å². The normalized spacial score (nSPS) is 10.7. The number of benzene rings is 1. The third-order valence-corrected chi connectivity index (χ3v) is 3.33. The summed E-state index contributed by atoms with van der Waals surface area (Å²) in [7, 11) is 1.40. The minimum atomic E-state index is -0.207. The highest BCUT2D eigenvalue weighted by molar-refractivity contribution is 6.31. The number of rotatable bonds is 3. The molecule has 0 aliphatic rings. The van der Waals surface area contributed by atoms with E-state index in [4.69, 9.17) is 11.6 Å². The smallest absolute Gasteiger partial charge is 0.305 e. The predicted octanol–water partition coefficient (Wildman–Crippen LogP) is 3.61. The number of pyridine rings is 1. The lowest BCUT2D eigenvalue weighted by atomic mass is 10.0. The zero-order valence-electron chi connectivity index (χ0n) is 11.3. The number of methoxy groups -OCH3 is 1. The molecule has 0 spiro atoms. The molecule has 0 aliphatic heterocycles. The first-order valence-corrected chi connectivity index (χ1v) is 6.52. The Morgan fingerprint density at radius 1 is 1.32 bits per heavy atom. The fourth-order valence-electron chi connectivity index (χ4n) is 2.21. The number of carbonyl (C=O) groups is 1. The summed E-state index contributed by atoms with van der Waals surface area (Å²) < 4.78 is 4.68. The van der Waals surface area contributed by atoms with Crippen LogP contribution < -0.4 is 0 Å². The lowest BCUT2D eigenvalue weighted by Crippen LogP contribution is -2.03. The molecule has 1 aromatic carbocycles. The molecule has 0 atom stereocenters. The zero-order valence-corrected chi connectivity index (χ0v) is 12.0. The topological polar surface area (TPSA) is 39.2 Å². The Balaban J connectivity index is 2.50. The summed E-state index contributed by atoms with van der Waals surface area (Å²) in [5, 5.41) is 1.70. The highest BCUT2D eigenvalue weighted by Crippen LogP contribution is 2.26. The summed E-state index contributed by atoms with van der Waals surface area (Å²) >= 11 is 6.11. The summed E-state index contributed by atoms with van der Waals surface area (Å²) in [4.78, 5) is 15.8. The van der Waals surface area contributed by atoms with Gasteiger partial charge in [-0.1, -0.05) is 11.6 Å². The number of hydrogen-bond acceptors (Lipinski definition) is 3. The first-order valence-electron chi connectivity index (χ1n) is 6.14. The second-order valence-corrected chi connectivity index (χ2v) is 5.05. The van der Waals surface area contributed by atoms with Crippen LogP contribution in [0.1, 0.15) is 23.2 Å². The molecule has 4 heteroatoms. The van der Waals surface area contributed by atoms with Crippen LogP contribution in [-0.4, -0.2) is 18.1 Å². The number of halogens is 1. The van der Waals surface area contributed by atoms with Gasteiger partial charge in [-0.2, -0.15) is 0 Å². The largest absolute Gasteiger partial charge is 0.469 e. The molecule has 100 valence electrons. The summed E-state index contributed by atoms with van der Waals surface area (Å²) in [6, 6.07) is 5.81. The highest BCUT2D eigenvalue weighted by Gasteiger charge is 2.10. The fourth-order valence-corrected chi connectivity index (χ4v) is 2.49. The molecule has 2 aromatic rings. The van der Waals surface area contributed by atoms with Gasteiger partial charge in [-0.25, -0.2) is 0 Å². The van der Waals surface area contributed by atoms with Gasteiger partial charge in [0.05, 0.1) is 12.6 Å². The minimum Gasteiger partial charge on any atom is -0.469 e. The van der Waals surface area contributed by atoms with Gasteiger partial charge in [-0.15, -0.1) is 0 Å². The predicted molar refractivity (Wildman–Crippen MR) is 76.6 cm³/mol. The van der Waals surface area contributed by atoms with E-state index < -0.39 is 0 Å². The molecule has 0 saturated heterocycles. The van der Waals surface area contributed by atoms with Crippen molar-refractivity contribution in [1.29, 1.82) is 0 Å². The molecule has 0 saturated carbocycles. The Bertz CT molecular complexity index is 638. The second kappa shape index (κ2) is 5.57. The number of hydrogen-bond donors (Lipinski definition) is 0. The van der Waals surface area contributed by atoms with Gasteiger partial charge in [0.25, 0.3) is 0 Å². The van der Waals surface area contributed by atoms with Crippen LogP contribution in [0.15, 0.2) is 18.2 Å². The van der Waals surface area contributed by atoms with Gasteiger partial charge in [0.15, 0.2) is 0 Å². The molecular formula is C15H16ClNO2. The third kappa shape index (κ3) is 3.04. The molecule has 0 bridgehead atoms. The van der Waals surface area contributed by atoms with Crippen LogP contribution in [0.2, 0.25) is 5.02 Å². The molecule has 0 unspecified atom stereocenters. The van der Waals surface area contributed by atoms with Crippen LogP contribution in [0.25, 0.3) is 10.9 Å². The molecule has 0 amide bonds. The average Bonchev–Trinajstić information content (AvgIpc) is 2.36. The van der Waals surface area contributed by atoms with Gasteiger partial charge in [0.1, 0.15) is 0 Å². The van der Waals surface area contributed by atoms with E-state index in [2.05, 4.69) is 9.72 Å². The number of ether oxygens (including phenoxy) is 1. The minimum absolute atomic E-state index is 0.207. The molecule has 19 heavy (non-hydrogen) atoms. The van der Waals surface area contributed by atoms with Gasteiger partial charge < -0.3 is 4.74 Å². The van der Waals surface area contributed by atoms with Crippen LogP contribution in [-0.2, 0) is 16.0 Å². The molecule has 1 aromatic heterocycles. The van der Waals surface area contributed by atoms with Gasteiger partial charge in [-0.3, -0.25) is 9.78 Å². The lowest BCUT2D eigenvalue weighted by Gasteiger charge is -2.10. The van der Waals surface area contributed by atoms with Gasteiger partial charge in [0.2, 0.25) is 0 Å². The Kier molecular flexibility index (Phi) is 4.05. The van der Waals surface area contributed by atoms with E-state index in [9.17, 15) is 4.79 Å². The summed E-state index contributed by atoms with van der Waals surface area (Å²) in [6.07, 6.45) is 0.993. The third-order valence-electron chi connectivity index (χ3n) is 3.11. The van der Waals surface area contributed by atoms with Crippen LogP contribution in [0.4, 0.5) is 0 Å².